The van der Waals surface area contributed by atoms with E-state index in [9.17, 15) is 24.2 Å². The van der Waals surface area contributed by atoms with Crippen molar-refractivity contribution in [1.29, 1.82) is 0 Å². The molecule has 0 spiro atoms. The quantitative estimate of drug-likeness (QED) is 0.0189. The molecule has 1 heterocycles. The smallest absolute Gasteiger partial charge is 0.466 e. The van der Waals surface area contributed by atoms with Gasteiger partial charge in [0, 0.05) is 32.2 Å². The van der Waals surface area contributed by atoms with Crippen molar-refractivity contribution >= 4 is 19.8 Å². The number of aliphatic hydroxyl groups is 1. The highest BCUT2D eigenvalue weighted by molar-refractivity contribution is 7.47. The number of furan rings is 1. The van der Waals surface area contributed by atoms with Gasteiger partial charge in [-0.05, 0) is 82.8 Å². The van der Waals surface area contributed by atoms with Gasteiger partial charge in [0.05, 0.1) is 19.3 Å². The average molecular weight is 878 g/mol. The second-order valence-electron chi connectivity index (χ2n) is 16.1. The van der Waals surface area contributed by atoms with E-state index in [0.29, 0.717) is 32.1 Å². The molecule has 0 fully saturated rings. The molecule has 1 aromatic heterocycles. The van der Waals surface area contributed by atoms with E-state index in [2.05, 4.69) is 33.8 Å². The number of unbranched alkanes of at least 4 members (excludes halogenated alkanes) is 15. The molecule has 1 aromatic rings. The lowest BCUT2D eigenvalue weighted by Gasteiger charge is -2.19. The Hall–Kier alpha value is -2.79. The molecule has 0 bridgehead atoms. The molecule has 0 aliphatic rings. The van der Waals surface area contributed by atoms with Crippen molar-refractivity contribution in [3.63, 3.8) is 0 Å². The lowest BCUT2D eigenvalue weighted by Crippen LogP contribution is -2.29. The number of nitrogens with two attached hydrogens (primary N) is 1. The number of esters is 2. The molecule has 0 aliphatic heterocycles. The number of allylic oxidation sites excluding steroid dienone is 6. The first kappa shape index (κ1) is 56.2. The standard InChI is InChI=1S/C49H84NO10P/c1-5-7-9-10-21-27-32-44(51)33-28-22-17-15-16-20-25-31-37-49(53)59-45(41-58-61(54,55)57-39-38-50)40-56-48(52)36-30-24-19-14-12-11-13-18-23-29-35-47-43(4)42(3)46(60-47)34-26-8-6-2/h16-17,20-22,27-28,33,44-45,51H,5-15,18-19,23-26,29-32,34-41,50H2,1-4H3,(H,54,55)/b20-16-,22-17-,27-21-,33-28+/t44-,45+/m0/s1. The Bertz CT molecular complexity index is 1430. The van der Waals surface area contributed by atoms with E-state index in [1.54, 1.807) is 6.08 Å². The van der Waals surface area contributed by atoms with Crippen LogP contribution >= 0.6 is 7.82 Å². The fourth-order valence-corrected chi connectivity index (χ4v) is 7.42. The molecule has 0 saturated heterocycles. The van der Waals surface area contributed by atoms with E-state index >= 15 is 0 Å². The average Bonchev–Trinajstić information content (AvgIpc) is 3.51. The highest BCUT2D eigenvalue weighted by atomic mass is 31.2. The number of rotatable bonds is 40. The summed E-state index contributed by atoms with van der Waals surface area (Å²) in [5.74, 6) is 1.41. The molecule has 1 rings (SSSR count). The van der Waals surface area contributed by atoms with Gasteiger partial charge in [0.25, 0.3) is 0 Å². The molecule has 12 heteroatoms. The van der Waals surface area contributed by atoms with E-state index in [4.69, 9.17) is 28.7 Å². The summed E-state index contributed by atoms with van der Waals surface area (Å²) in [6.07, 6.45) is 38.5. The maximum Gasteiger partial charge on any atom is 0.472 e. The van der Waals surface area contributed by atoms with E-state index in [-0.39, 0.29) is 32.6 Å². The number of ether oxygens (including phenoxy) is 2. The predicted molar refractivity (Wildman–Crippen MR) is 247 cm³/mol. The van der Waals surface area contributed by atoms with E-state index < -0.39 is 38.6 Å². The van der Waals surface area contributed by atoms with Crippen molar-refractivity contribution in [3.8, 4) is 0 Å². The molecule has 1 unspecified atom stereocenters. The van der Waals surface area contributed by atoms with Crippen LogP contribution in [0.5, 0.6) is 0 Å². The summed E-state index contributed by atoms with van der Waals surface area (Å²) in [6, 6.07) is 0. The fourth-order valence-electron chi connectivity index (χ4n) is 6.65. The largest absolute Gasteiger partial charge is 0.472 e. The third-order valence-corrected chi connectivity index (χ3v) is 11.5. The zero-order valence-corrected chi connectivity index (χ0v) is 39.4. The van der Waals surface area contributed by atoms with Gasteiger partial charge < -0.3 is 29.6 Å². The molecule has 0 saturated carbocycles. The maximum absolute atomic E-state index is 12.6. The number of aryl methyl sites for hydroxylation is 2. The first-order valence-corrected chi connectivity index (χ1v) is 25.1. The maximum atomic E-state index is 12.6. The lowest BCUT2D eigenvalue weighted by atomic mass is 10.0. The minimum Gasteiger partial charge on any atom is -0.466 e. The Morgan fingerprint density at radius 2 is 1.26 bits per heavy atom. The highest BCUT2D eigenvalue weighted by Gasteiger charge is 2.26. The van der Waals surface area contributed by atoms with Crippen molar-refractivity contribution in [3.05, 3.63) is 71.3 Å². The number of hydrogen-bond donors (Lipinski definition) is 3. The summed E-state index contributed by atoms with van der Waals surface area (Å²) >= 11 is 0. The van der Waals surface area contributed by atoms with Crippen molar-refractivity contribution < 1.29 is 47.1 Å². The molecule has 61 heavy (non-hydrogen) atoms. The van der Waals surface area contributed by atoms with Crippen LogP contribution in [-0.2, 0) is 45.5 Å². The molecular formula is C49H84NO10P. The topological polar surface area (TPSA) is 168 Å². The number of hydrogen-bond acceptors (Lipinski definition) is 10. The van der Waals surface area contributed by atoms with Crippen LogP contribution in [0.1, 0.15) is 184 Å². The molecule has 0 amide bonds. The Labute approximate surface area is 369 Å². The SMILES string of the molecule is CCCCC/C=C\C[C@H](O)/C=C/C=C\C/C=C\CCCC(=O)O[C@H](COC(=O)CCCCCCCCCCCCc1oc(CCCCC)c(C)c1C)COP(=O)(O)OCCN. The minimum absolute atomic E-state index is 0.0282. The van der Waals surface area contributed by atoms with Crippen LogP contribution in [0.2, 0.25) is 0 Å². The van der Waals surface area contributed by atoms with Gasteiger partial charge in [-0.1, -0.05) is 140 Å². The molecule has 0 radical (unpaired) electrons. The van der Waals surface area contributed by atoms with Gasteiger partial charge in [0.2, 0.25) is 0 Å². The van der Waals surface area contributed by atoms with Crippen LogP contribution < -0.4 is 5.73 Å². The molecule has 0 aromatic carbocycles. The van der Waals surface area contributed by atoms with Gasteiger partial charge >= 0.3 is 19.8 Å². The number of carbonyl (C=O) groups excluding carboxylic acids is 2. The predicted octanol–water partition coefficient (Wildman–Crippen LogP) is 12.1. The molecule has 350 valence electrons. The second-order valence-corrected chi connectivity index (χ2v) is 17.5. The number of aliphatic hydroxyl groups excluding tert-OH is 1. The zero-order chi connectivity index (χ0) is 44.8. The van der Waals surface area contributed by atoms with Crippen molar-refractivity contribution in [1.82, 2.24) is 0 Å². The third kappa shape index (κ3) is 31.7. The molecule has 4 N–H and O–H groups in total. The first-order chi connectivity index (χ1) is 29.5. The number of phosphoric ester groups is 1. The van der Waals surface area contributed by atoms with Gasteiger partial charge in [-0.15, -0.1) is 0 Å². The monoisotopic (exact) mass is 878 g/mol. The van der Waals surface area contributed by atoms with E-state index in [1.165, 1.54) is 99.7 Å². The van der Waals surface area contributed by atoms with Gasteiger partial charge in [-0.2, -0.15) is 0 Å². The summed E-state index contributed by atoms with van der Waals surface area (Å²) in [6.45, 7) is 7.88. The summed E-state index contributed by atoms with van der Waals surface area (Å²) in [5, 5.41) is 10.0. The van der Waals surface area contributed by atoms with Crippen molar-refractivity contribution in [2.45, 2.75) is 200 Å². The van der Waals surface area contributed by atoms with Crippen LogP contribution in [0, 0.1) is 13.8 Å². The van der Waals surface area contributed by atoms with Crippen molar-refractivity contribution in [2.75, 3.05) is 26.4 Å². The van der Waals surface area contributed by atoms with Crippen LogP contribution in [0.4, 0.5) is 0 Å². The normalized spacial score (nSPS) is 14.1. The summed E-state index contributed by atoms with van der Waals surface area (Å²) in [4.78, 5) is 35.0. The molecule has 11 nitrogen and oxygen atoms in total. The van der Waals surface area contributed by atoms with Gasteiger partial charge in [-0.25, -0.2) is 4.57 Å². The summed E-state index contributed by atoms with van der Waals surface area (Å²) in [7, 11) is -4.42. The highest BCUT2D eigenvalue weighted by Crippen LogP contribution is 2.43. The van der Waals surface area contributed by atoms with E-state index in [1.807, 2.05) is 36.5 Å². The third-order valence-electron chi connectivity index (χ3n) is 10.5. The molecule has 3 atom stereocenters. The lowest BCUT2D eigenvalue weighted by molar-refractivity contribution is -0.161. The Balaban J connectivity index is 2.27. The minimum atomic E-state index is -4.42. The summed E-state index contributed by atoms with van der Waals surface area (Å²) < 4.78 is 39.0. The van der Waals surface area contributed by atoms with Crippen LogP contribution in [0.15, 0.2) is 53.0 Å². The Kier molecular flexibility index (Phi) is 34.8. The van der Waals surface area contributed by atoms with Crippen LogP contribution in [-0.4, -0.2) is 60.5 Å². The van der Waals surface area contributed by atoms with E-state index in [0.717, 1.165) is 38.5 Å². The molecular weight excluding hydrogens is 794 g/mol. The second kappa shape index (κ2) is 37.7. The van der Waals surface area contributed by atoms with Crippen LogP contribution in [0.3, 0.4) is 0 Å². The first-order valence-electron chi connectivity index (χ1n) is 23.6. The Morgan fingerprint density at radius 1 is 0.689 bits per heavy atom. The van der Waals surface area contributed by atoms with Gasteiger partial charge in [0.15, 0.2) is 6.10 Å². The van der Waals surface area contributed by atoms with Crippen molar-refractivity contribution in [2.24, 2.45) is 5.73 Å². The van der Waals surface area contributed by atoms with Gasteiger partial charge in [-0.3, -0.25) is 18.6 Å². The molecule has 0 aliphatic carbocycles. The van der Waals surface area contributed by atoms with Gasteiger partial charge in [0.1, 0.15) is 18.1 Å². The fraction of sp³-hybridized carbons (Fsp3) is 0.714. The number of phosphoric acid groups is 1. The Morgan fingerprint density at radius 3 is 1.92 bits per heavy atom. The van der Waals surface area contributed by atoms with Crippen LogP contribution in [0.25, 0.3) is 0 Å². The number of carbonyl (C=O) groups is 2. The zero-order valence-electron chi connectivity index (χ0n) is 38.5. The summed E-state index contributed by atoms with van der Waals surface area (Å²) in [5.41, 5.74) is 8.03.